The Bertz CT molecular complexity index is 626. The van der Waals surface area contributed by atoms with Crippen LogP contribution in [0.3, 0.4) is 0 Å². The number of halogens is 1. The molecule has 0 aliphatic heterocycles. The molecule has 0 aromatic heterocycles. The Hall–Kier alpha value is -1.96. The molecule has 8 heteroatoms. The summed E-state index contributed by atoms with van der Waals surface area (Å²) in [6, 6.07) is 2.36. The molecule has 1 aromatic rings. The first-order valence-corrected chi connectivity index (χ1v) is 6.82. The molecule has 0 bridgehead atoms. The number of carboxylic acid groups (broad SMARTS) is 1. The van der Waals surface area contributed by atoms with Crippen LogP contribution in [0.15, 0.2) is 23.1 Å². The van der Waals surface area contributed by atoms with Crippen LogP contribution in [0.4, 0.5) is 4.39 Å². The lowest BCUT2D eigenvalue weighted by Crippen LogP contribution is -2.35. The normalized spacial score (nSPS) is 12.9. The molecule has 1 rings (SSSR count). The van der Waals surface area contributed by atoms with Crippen molar-refractivity contribution in [1.29, 1.82) is 0 Å². The molecule has 19 heavy (non-hydrogen) atoms. The van der Waals surface area contributed by atoms with Gasteiger partial charge in [0.15, 0.2) is 9.84 Å². The third kappa shape index (κ3) is 2.90. The van der Waals surface area contributed by atoms with Crippen molar-refractivity contribution in [1.82, 2.24) is 0 Å². The molecule has 1 amide bonds. The molecule has 0 aliphatic carbocycles. The highest BCUT2D eigenvalue weighted by Crippen LogP contribution is 2.22. The highest BCUT2D eigenvalue weighted by molar-refractivity contribution is 7.92. The van der Waals surface area contributed by atoms with E-state index in [1.807, 2.05) is 0 Å². The van der Waals surface area contributed by atoms with Crippen molar-refractivity contribution in [2.24, 2.45) is 5.73 Å². The van der Waals surface area contributed by atoms with Gasteiger partial charge in [-0.1, -0.05) is 6.92 Å². The number of primary amides is 1. The Morgan fingerprint density at radius 3 is 2.37 bits per heavy atom. The summed E-state index contributed by atoms with van der Waals surface area (Å²) < 4.78 is 37.7. The van der Waals surface area contributed by atoms with E-state index >= 15 is 0 Å². The van der Waals surface area contributed by atoms with Crippen LogP contribution in [0.25, 0.3) is 0 Å². The van der Waals surface area contributed by atoms with E-state index in [1.54, 1.807) is 0 Å². The average Bonchev–Trinajstić information content (AvgIpc) is 2.28. The van der Waals surface area contributed by atoms with Crippen LogP contribution < -0.4 is 5.73 Å². The SMILES string of the molecule is CCC(C(N)=O)S(=O)(=O)c1ccc(C(=O)O)cc1F. The molecule has 1 atom stereocenters. The molecule has 1 aromatic carbocycles. The van der Waals surface area contributed by atoms with Crippen molar-refractivity contribution >= 4 is 21.7 Å². The summed E-state index contributed by atoms with van der Waals surface area (Å²) in [6.45, 7) is 1.43. The van der Waals surface area contributed by atoms with Crippen LogP contribution in [0, 0.1) is 5.82 Å². The Morgan fingerprint density at radius 1 is 1.42 bits per heavy atom. The van der Waals surface area contributed by atoms with E-state index in [2.05, 4.69) is 0 Å². The van der Waals surface area contributed by atoms with E-state index in [1.165, 1.54) is 6.92 Å². The maximum Gasteiger partial charge on any atom is 0.335 e. The van der Waals surface area contributed by atoms with Crippen LogP contribution in [-0.4, -0.2) is 30.7 Å². The summed E-state index contributed by atoms with van der Waals surface area (Å²) in [6.07, 6.45) is -0.0994. The number of nitrogens with two attached hydrogens (primary N) is 1. The molecule has 0 saturated carbocycles. The number of benzene rings is 1. The molecule has 6 nitrogen and oxygen atoms in total. The number of sulfone groups is 1. The quantitative estimate of drug-likeness (QED) is 0.822. The molecule has 0 fully saturated rings. The fourth-order valence-electron chi connectivity index (χ4n) is 1.59. The number of carbonyl (C=O) groups is 2. The van der Waals surface area contributed by atoms with Crippen LogP contribution >= 0.6 is 0 Å². The second-order valence-corrected chi connectivity index (χ2v) is 5.89. The van der Waals surface area contributed by atoms with Crippen LogP contribution in [0.1, 0.15) is 23.7 Å². The molecular weight excluding hydrogens is 277 g/mol. The van der Waals surface area contributed by atoms with Gasteiger partial charge in [0.1, 0.15) is 16.0 Å². The fourth-order valence-corrected chi connectivity index (χ4v) is 3.23. The first-order chi connectivity index (χ1) is 8.71. The van der Waals surface area contributed by atoms with Crippen LogP contribution in [0.2, 0.25) is 0 Å². The van der Waals surface area contributed by atoms with Gasteiger partial charge in [0.25, 0.3) is 0 Å². The van der Waals surface area contributed by atoms with E-state index in [-0.39, 0.29) is 12.0 Å². The van der Waals surface area contributed by atoms with E-state index in [9.17, 15) is 22.4 Å². The number of carbonyl (C=O) groups excluding carboxylic acids is 1. The van der Waals surface area contributed by atoms with E-state index < -0.39 is 37.7 Å². The summed E-state index contributed by atoms with van der Waals surface area (Å²) in [4.78, 5) is 21.0. The van der Waals surface area contributed by atoms with Gasteiger partial charge in [0.05, 0.1) is 5.56 Å². The highest BCUT2D eigenvalue weighted by atomic mass is 32.2. The van der Waals surface area contributed by atoms with Crippen molar-refractivity contribution in [3.05, 3.63) is 29.6 Å². The molecule has 0 aliphatic rings. The second-order valence-electron chi connectivity index (χ2n) is 3.79. The van der Waals surface area contributed by atoms with Gasteiger partial charge >= 0.3 is 5.97 Å². The summed E-state index contributed by atoms with van der Waals surface area (Å²) in [5.41, 5.74) is 4.58. The number of carboxylic acids is 1. The summed E-state index contributed by atoms with van der Waals surface area (Å²) in [5.74, 6) is -3.69. The van der Waals surface area contributed by atoms with Gasteiger partial charge in [0, 0.05) is 0 Å². The zero-order valence-electron chi connectivity index (χ0n) is 9.96. The van der Waals surface area contributed by atoms with E-state index in [4.69, 9.17) is 10.8 Å². The van der Waals surface area contributed by atoms with Gasteiger partial charge in [-0.3, -0.25) is 4.79 Å². The number of hydrogen-bond acceptors (Lipinski definition) is 4. The second kappa shape index (κ2) is 5.35. The Balaban J connectivity index is 3.37. The summed E-state index contributed by atoms with van der Waals surface area (Å²) in [5, 5.41) is 7.11. The highest BCUT2D eigenvalue weighted by Gasteiger charge is 2.33. The lowest BCUT2D eigenvalue weighted by molar-refractivity contribution is -0.117. The van der Waals surface area contributed by atoms with Gasteiger partial charge < -0.3 is 10.8 Å². The Labute approximate surface area is 109 Å². The van der Waals surface area contributed by atoms with Crippen LogP contribution in [-0.2, 0) is 14.6 Å². The largest absolute Gasteiger partial charge is 0.478 e. The molecule has 3 N–H and O–H groups in total. The van der Waals surface area contributed by atoms with E-state index in [0.717, 1.165) is 12.1 Å². The fraction of sp³-hybridized carbons (Fsp3) is 0.273. The van der Waals surface area contributed by atoms with Gasteiger partial charge in [-0.25, -0.2) is 17.6 Å². The molecule has 104 valence electrons. The molecule has 0 spiro atoms. The minimum Gasteiger partial charge on any atom is -0.478 e. The third-order valence-corrected chi connectivity index (χ3v) is 4.81. The van der Waals surface area contributed by atoms with Crippen LogP contribution in [0.5, 0.6) is 0 Å². The summed E-state index contributed by atoms with van der Waals surface area (Å²) in [7, 11) is -4.27. The topological polar surface area (TPSA) is 115 Å². The van der Waals surface area contributed by atoms with Gasteiger partial charge in [0.2, 0.25) is 5.91 Å². The lowest BCUT2D eigenvalue weighted by atomic mass is 10.2. The standard InChI is InChI=1S/C11H12FNO5S/c1-2-8(10(13)14)19(17,18)9-4-3-6(11(15)16)5-7(9)12/h3-5,8H,2H2,1H3,(H2,13,14)(H,15,16). The monoisotopic (exact) mass is 289 g/mol. The molecule has 0 radical (unpaired) electrons. The summed E-state index contributed by atoms with van der Waals surface area (Å²) >= 11 is 0. The minimum atomic E-state index is -4.27. The van der Waals surface area contributed by atoms with Crippen molar-refractivity contribution in [2.45, 2.75) is 23.5 Å². The van der Waals surface area contributed by atoms with E-state index in [0.29, 0.717) is 6.07 Å². The molecular formula is C11H12FNO5S. The minimum absolute atomic E-state index is 0.0994. The Kier molecular flexibility index (Phi) is 4.25. The molecule has 0 saturated heterocycles. The molecule has 0 heterocycles. The van der Waals surface area contributed by atoms with Gasteiger partial charge in [-0.2, -0.15) is 0 Å². The van der Waals surface area contributed by atoms with Crippen molar-refractivity contribution in [3.8, 4) is 0 Å². The maximum atomic E-state index is 13.7. The third-order valence-electron chi connectivity index (χ3n) is 2.55. The number of hydrogen-bond donors (Lipinski definition) is 2. The predicted octanol–water partition coefficient (Wildman–Crippen LogP) is 0.561. The predicted molar refractivity (Wildman–Crippen MR) is 63.8 cm³/mol. The van der Waals surface area contributed by atoms with Crippen molar-refractivity contribution in [3.63, 3.8) is 0 Å². The smallest absolute Gasteiger partial charge is 0.335 e. The number of amides is 1. The van der Waals surface area contributed by atoms with Gasteiger partial charge in [-0.15, -0.1) is 0 Å². The number of aromatic carboxylic acids is 1. The lowest BCUT2D eigenvalue weighted by Gasteiger charge is -2.13. The van der Waals surface area contributed by atoms with Gasteiger partial charge in [-0.05, 0) is 24.6 Å². The zero-order valence-corrected chi connectivity index (χ0v) is 10.8. The maximum absolute atomic E-state index is 13.7. The zero-order chi connectivity index (χ0) is 14.8. The van der Waals surface area contributed by atoms with Crippen molar-refractivity contribution < 1.29 is 27.5 Å². The van der Waals surface area contributed by atoms with Crippen molar-refractivity contribution in [2.75, 3.05) is 0 Å². The molecule has 1 unspecified atom stereocenters. The first kappa shape index (κ1) is 15.1. The Morgan fingerprint density at radius 2 is 2.00 bits per heavy atom. The first-order valence-electron chi connectivity index (χ1n) is 5.27. The number of rotatable bonds is 5. The average molecular weight is 289 g/mol.